The van der Waals surface area contributed by atoms with E-state index in [0.717, 1.165) is 11.3 Å². The summed E-state index contributed by atoms with van der Waals surface area (Å²) in [5, 5.41) is 7.04. The third-order valence-corrected chi connectivity index (χ3v) is 3.32. The van der Waals surface area contributed by atoms with Gasteiger partial charge >= 0.3 is 6.03 Å². The molecule has 0 aromatic carbocycles. The number of aliphatic imine (C=N–C) groups is 1. The molecule has 1 amide bonds. The third-order valence-electron chi connectivity index (χ3n) is 3.32. The summed E-state index contributed by atoms with van der Waals surface area (Å²) >= 11 is 0. The smallest absolute Gasteiger partial charge is 0.304 e. The monoisotopic (exact) mass is 300 g/mol. The molecule has 0 saturated heterocycles. The van der Waals surface area contributed by atoms with E-state index < -0.39 is 0 Å². The van der Waals surface area contributed by atoms with E-state index in [4.69, 9.17) is 0 Å². The maximum atomic E-state index is 11.9. The number of nitrogens with one attached hydrogen (secondary N) is 1. The van der Waals surface area contributed by atoms with Gasteiger partial charge in [-0.2, -0.15) is 5.10 Å². The first-order valence-corrected chi connectivity index (χ1v) is 6.93. The zero-order valence-corrected chi connectivity index (χ0v) is 13.2. The highest BCUT2D eigenvalue weighted by atomic mass is 16.2. The van der Waals surface area contributed by atoms with Crippen molar-refractivity contribution in [3.63, 3.8) is 0 Å². The molecule has 0 bridgehead atoms. The molecule has 2 aromatic heterocycles. The van der Waals surface area contributed by atoms with Crippen LogP contribution in [-0.4, -0.2) is 38.1 Å². The molecule has 1 N–H and O–H groups in total. The summed E-state index contributed by atoms with van der Waals surface area (Å²) in [5.41, 5.74) is 3.96. The van der Waals surface area contributed by atoms with E-state index in [1.54, 1.807) is 36.5 Å². The second-order valence-corrected chi connectivity index (χ2v) is 5.11. The Balaban J connectivity index is 2.08. The topological polar surface area (TPSA) is 77.1 Å². The van der Waals surface area contributed by atoms with Gasteiger partial charge in [0.25, 0.3) is 0 Å². The van der Waals surface area contributed by atoms with Gasteiger partial charge in [0.05, 0.1) is 18.4 Å². The number of imidazole rings is 1. The molecule has 7 nitrogen and oxygen atoms in total. The van der Waals surface area contributed by atoms with E-state index in [1.165, 1.54) is 16.5 Å². The van der Waals surface area contributed by atoms with E-state index in [0.29, 0.717) is 12.2 Å². The van der Waals surface area contributed by atoms with Crippen LogP contribution in [0.3, 0.4) is 0 Å². The number of carbonyl (C=O) groups excluding carboxylic acids is 1. The Bertz CT molecular complexity index is 704. The molecule has 0 atom stereocenters. The van der Waals surface area contributed by atoms with Crippen LogP contribution in [0.2, 0.25) is 0 Å². The molecule has 2 heterocycles. The summed E-state index contributed by atoms with van der Waals surface area (Å²) in [7, 11) is 1.78. The molecule has 22 heavy (non-hydrogen) atoms. The lowest BCUT2D eigenvalue weighted by molar-refractivity contribution is 0.253. The van der Waals surface area contributed by atoms with Gasteiger partial charge in [-0.25, -0.2) is 9.78 Å². The van der Waals surface area contributed by atoms with E-state index in [-0.39, 0.29) is 6.03 Å². The quantitative estimate of drug-likeness (QED) is 0.882. The van der Waals surface area contributed by atoms with Crippen molar-refractivity contribution in [1.82, 2.24) is 19.3 Å². The van der Waals surface area contributed by atoms with Crippen molar-refractivity contribution in [1.29, 1.82) is 0 Å². The number of aromatic nitrogens is 4. The fraction of sp³-hybridized carbons (Fsp3) is 0.333. The van der Waals surface area contributed by atoms with Crippen molar-refractivity contribution in [2.24, 2.45) is 4.99 Å². The van der Waals surface area contributed by atoms with Crippen molar-refractivity contribution in [2.45, 2.75) is 27.3 Å². The number of hydrogen-bond acceptors (Lipinski definition) is 4. The lowest BCUT2D eigenvalue weighted by atomic mass is 10.1. The standard InChI is InChI=1S/C15H20N6O/c1-11(2)14(12(3)16-4)9-21-8-13(7-18-21)19-15(22)20-6-5-17-10-20/h5-8,10H,9H2,1-4H3,(H,19,22)/b16-12-. The predicted octanol–water partition coefficient (Wildman–Crippen LogP) is 2.59. The second-order valence-electron chi connectivity index (χ2n) is 5.11. The van der Waals surface area contributed by atoms with Crippen molar-refractivity contribution >= 4 is 17.4 Å². The first-order chi connectivity index (χ1) is 10.5. The van der Waals surface area contributed by atoms with Crippen molar-refractivity contribution in [3.8, 4) is 0 Å². The molecular weight excluding hydrogens is 280 g/mol. The highest BCUT2D eigenvalue weighted by molar-refractivity contribution is 5.98. The first kappa shape index (κ1) is 15.7. The zero-order chi connectivity index (χ0) is 16.1. The number of rotatable bonds is 4. The van der Waals surface area contributed by atoms with E-state index in [1.807, 2.05) is 6.92 Å². The molecule has 0 radical (unpaired) electrons. The van der Waals surface area contributed by atoms with Crippen LogP contribution in [0.5, 0.6) is 0 Å². The molecule has 7 heteroatoms. The number of hydrogen-bond donors (Lipinski definition) is 1. The van der Waals surface area contributed by atoms with Gasteiger partial charge in [0.1, 0.15) is 6.33 Å². The maximum Gasteiger partial charge on any atom is 0.331 e. The molecule has 2 rings (SSSR count). The van der Waals surface area contributed by atoms with Gasteiger partial charge in [-0.05, 0) is 26.3 Å². The van der Waals surface area contributed by atoms with Crippen LogP contribution in [0, 0.1) is 0 Å². The Morgan fingerprint density at radius 2 is 2.14 bits per heavy atom. The molecular formula is C15H20N6O. The minimum absolute atomic E-state index is 0.272. The minimum atomic E-state index is -0.272. The fourth-order valence-corrected chi connectivity index (χ4v) is 2.01. The molecule has 116 valence electrons. The van der Waals surface area contributed by atoms with E-state index in [2.05, 4.69) is 34.2 Å². The van der Waals surface area contributed by atoms with Crippen molar-refractivity contribution < 1.29 is 4.79 Å². The molecule has 2 aromatic rings. The van der Waals surface area contributed by atoms with Gasteiger partial charge in [0.2, 0.25) is 0 Å². The summed E-state index contributed by atoms with van der Waals surface area (Å²) in [6.45, 7) is 6.70. The van der Waals surface area contributed by atoms with Crippen LogP contribution >= 0.6 is 0 Å². The van der Waals surface area contributed by atoms with Crippen molar-refractivity contribution in [2.75, 3.05) is 12.4 Å². The van der Waals surface area contributed by atoms with Gasteiger partial charge in [0.15, 0.2) is 0 Å². The van der Waals surface area contributed by atoms with Gasteiger partial charge in [-0.3, -0.25) is 14.2 Å². The minimum Gasteiger partial charge on any atom is -0.304 e. The molecule has 0 unspecified atom stereocenters. The summed E-state index contributed by atoms with van der Waals surface area (Å²) < 4.78 is 3.15. The molecule has 0 aliphatic carbocycles. The molecule has 0 fully saturated rings. The average molecular weight is 300 g/mol. The van der Waals surface area contributed by atoms with Gasteiger partial charge in [-0.1, -0.05) is 5.57 Å². The van der Waals surface area contributed by atoms with Crippen LogP contribution in [0.25, 0.3) is 0 Å². The van der Waals surface area contributed by atoms with E-state index in [9.17, 15) is 4.79 Å². The SMILES string of the molecule is C/N=C(/C)C(Cn1cc(NC(=O)n2ccnc2)cn1)=C(C)C. The Morgan fingerprint density at radius 3 is 2.73 bits per heavy atom. The van der Waals surface area contributed by atoms with Crippen LogP contribution in [-0.2, 0) is 6.54 Å². The van der Waals surface area contributed by atoms with Crippen LogP contribution in [0.4, 0.5) is 10.5 Å². The third kappa shape index (κ3) is 3.69. The summed E-state index contributed by atoms with van der Waals surface area (Å²) in [5.74, 6) is 0. The number of carbonyl (C=O) groups is 1. The number of nitrogens with zero attached hydrogens (tertiary/aromatic N) is 5. The first-order valence-electron chi connectivity index (χ1n) is 6.93. The largest absolute Gasteiger partial charge is 0.331 e. The number of anilines is 1. The van der Waals surface area contributed by atoms with Gasteiger partial charge in [-0.15, -0.1) is 0 Å². The van der Waals surface area contributed by atoms with Gasteiger partial charge in [0, 0.05) is 31.3 Å². The lowest BCUT2D eigenvalue weighted by Gasteiger charge is -2.09. The van der Waals surface area contributed by atoms with E-state index >= 15 is 0 Å². The molecule has 0 aliphatic heterocycles. The Morgan fingerprint density at radius 1 is 1.36 bits per heavy atom. The molecule has 0 aliphatic rings. The molecule has 0 spiro atoms. The number of amides is 1. The highest BCUT2D eigenvalue weighted by Gasteiger charge is 2.09. The summed E-state index contributed by atoms with van der Waals surface area (Å²) in [6, 6.07) is -0.272. The highest BCUT2D eigenvalue weighted by Crippen LogP contribution is 2.12. The maximum absolute atomic E-state index is 11.9. The van der Waals surface area contributed by atoms with Crippen LogP contribution in [0.15, 0.2) is 47.3 Å². The Labute approximate surface area is 129 Å². The summed E-state index contributed by atoms with van der Waals surface area (Å²) in [6.07, 6.45) is 8.00. The summed E-state index contributed by atoms with van der Waals surface area (Å²) in [4.78, 5) is 20.0. The number of allylic oxidation sites excluding steroid dienone is 2. The zero-order valence-electron chi connectivity index (χ0n) is 13.2. The fourth-order valence-electron chi connectivity index (χ4n) is 2.01. The normalized spacial score (nSPS) is 11.4. The Kier molecular flexibility index (Phi) is 4.88. The lowest BCUT2D eigenvalue weighted by Crippen LogP contribution is -2.17. The van der Waals surface area contributed by atoms with Crippen LogP contribution < -0.4 is 5.32 Å². The second kappa shape index (κ2) is 6.84. The Hall–Kier alpha value is -2.70. The molecule has 0 saturated carbocycles. The van der Waals surface area contributed by atoms with Gasteiger partial charge < -0.3 is 5.32 Å². The average Bonchev–Trinajstić information content (AvgIpc) is 3.15. The van der Waals surface area contributed by atoms with Crippen molar-refractivity contribution in [3.05, 3.63) is 42.3 Å². The predicted molar refractivity (Wildman–Crippen MR) is 86.3 cm³/mol. The van der Waals surface area contributed by atoms with Crippen LogP contribution in [0.1, 0.15) is 20.8 Å².